The molecule has 1 heterocycles. The van der Waals surface area contributed by atoms with Crippen LogP contribution in [-0.2, 0) is 0 Å². The van der Waals surface area contributed by atoms with Gasteiger partial charge in [0, 0.05) is 29.6 Å². The van der Waals surface area contributed by atoms with E-state index in [4.69, 9.17) is 5.73 Å². The molecule has 1 saturated carbocycles. The van der Waals surface area contributed by atoms with Gasteiger partial charge in [0.05, 0.1) is 0 Å². The van der Waals surface area contributed by atoms with Crippen molar-refractivity contribution in [3.05, 3.63) is 0 Å². The summed E-state index contributed by atoms with van der Waals surface area (Å²) in [6, 6.07) is 0.489. The molecular formula is C13H26N2S. The minimum absolute atomic E-state index is 0.487. The predicted molar refractivity (Wildman–Crippen MR) is 72.9 cm³/mol. The number of rotatable bonds is 2. The third-order valence-electron chi connectivity index (χ3n) is 4.03. The monoisotopic (exact) mass is 242 g/mol. The molecule has 2 atom stereocenters. The first-order valence-electron chi connectivity index (χ1n) is 6.67. The van der Waals surface area contributed by atoms with Crippen LogP contribution in [0.4, 0.5) is 0 Å². The van der Waals surface area contributed by atoms with Gasteiger partial charge >= 0.3 is 0 Å². The van der Waals surface area contributed by atoms with Gasteiger partial charge in [-0.2, -0.15) is 11.8 Å². The second-order valence-corrected chi connectivity index (χ2v) is 7.90. The van der Waals surface area contributed by atoms with Crippen LogP contribution >= 0.6 is 11.8 Å². The molecule has 2 N–H and O–H groups in total. The maximum atomic E-state index is 5.98. The van der Waals surface area contributed by atoms with Gasteiger partial charge < -0.3 is 10.6 Å². The summed E-state index contributed by atoms with van der Waals surface area (Å²) < 4.78 is 0.487. The highest BCUT2D eigenvalue weighted by atomic mass is 32.2. The fourth-order valence-electron chi connectivity index (χ4n) is 2.89. The summed E-state index contributed by atoms with van der Waals surface area (Å²) in [7, 11) is 0. The van der Waals surface area contributed by atoms with E-state index in [1.165, 1.54) is 51.1 Å². The lowest BCUT2D eigenvalue weighted by atomic mass is 10.1. The maximum Gasteiger partial charge on any atom is 0.0116 e. The van der Waals surface area contributed by atoms with Gasteiger partial charge in [-0.3, -0.25) is 0 Å². The summed E-state index contributed by atoms with van der Waals surface area (Å²) in [5.41, 5.74) is 5.98. The van der Waals surface area contributed by atoms with Crippen molar-refractivity contribution < 1.29 is 0 Å². The van der Waals surface area contributed by atoms with E-state index < -0.39 is 0 Å². The van der Waals surface area contributed by atoms with Crippen LogP contribution in [0.2, 0.25) is 0 Å². The lowest BCUT2D eigenvalue weighted by Crippen LogP contribution is -2.32. The molecule has 0 aromatic rings. The van der Waals surface area contributed by atoms with Crippen molar-refractivity contribution in [3.8, 4) is 0 Å². The molecular weight excluding hydrogens is 216 g/mol. The van der Waals surface area contributed by atoms with Gasteiger partial charge in [-0.25, -0.2) is 0 Å². The molecule has 2 fully saturated rings. The highest BCUT2D eigenvalue weighted by Crippen LogP contribution is 2.32. The second kappa shape index (κ2) is 5.28. The third-order valence-corrected chi connectivity index (χ3v) is 5.40. The normalized spacial score (nSPS) is 36.2. The number of thioether (sulfide) groups is 1. The molecule has 16 heavy (non-hydrogen) atoms. The summed E-state index contributed by atoms with van der Waals surface area (Å²) in [5, 5.41) is 0. The van der Waals surface area contributed by atoms with E-state index in [9.17, 15) is 0 Å². The Bertz CT molecular complexity index is 230. The Morgan fingerprint density at radius 1 is 1.31 bits per heavy atom. The van der Waals surface area contributed by atoms with Crippen LogP contribution in [0.15, 0.2) is 0 Å². The van der Waals surface area contributed by atoms with E-state index in [-0.39, 0.29) is 0 Å². The molecule has 94 valence electrons. The van der Waals surface area contributed by atoms with Crippen molar-refractivity contribution in [1.29, 1.82) is 0 Å². The molecule has 1 saturated heterocycles. The topological polar surface area (TPSA) is 29.3 Å². The zero-order valence-corrected chi connectivity index (χ0v) is 11.6. The van der Waals surface area contributed by atoms with Crippen LogP contribution < -0.4 is 5.73 Å². The van der Waals surface area contributed by atoms with Gasteiger partial charge in [0.2, 0.25) is 0 Å². The first kappa shape index (κ1) is 12.7. The molecule has 0 aromatic carbocycles. The molecule has 1 aliphatic carbocycles. The largest absolute Gasteiger partial charge is 0.328 e. The molecule has 2 rings (SSSR count). The van der Waals surface area contributed by atoms with Crippen LogP contribution in [0.1, 0.15) is 39.5 Å². The summed E-state index contributed by atoms with van der Waals surface area (Å²) >= 11 is 2.14. The minimum Gasteiger partial charge on any atom is -0.328 e. The van der Waals surface area contributed by atoms with Crippen LogP contribution in [0.3, 0.4) is 0 Å². The first-order valence-corrected chi connectivity index (χ1v) is 7.66. The van der Waals surface area contributed by atoms with Crippen molar-refractivity contribution in [3.63, 3.8) is 0 Å². The Hall–Kier alpha value is 0.270. The van der Waals surface area contributed by atoms with E-state index >= 15 is 0 Å². The summed E-state index contributed by atoms with van der Waals surface area (Å²) in [5.74, 6) is 2.17. The fraction of sp³-hybridized carbons (Fsp3) is 1.00. The molecule has 3 heteroatoms. The van der Waals surface area contributed by atoms with Gasteiger partial charge in [-0.05, 0) is 38.1 Å². The Morgan fingerprint density at radius 2 is 2.12 bits per heavy atom. The Labute approximate surface area is 104 Å². The van der Waals surface area contributed by atoms with Crippen molar-refractivity contribution >= 4 is 11.8 Å². The van der Waals surface area contributed by atoms with Crippen LogP contribution in [0.25, 0.3) is 0 Å². The fourth-order valence-corrected chi connectivity index (χ4v) is 4.03. The van der Waals surface area contributed by atoms with E-state index in [0.717, 1.165) is 5.92 Å². The van der Waals surface area contributed by atoms with E-state index in [1.807, 2.05) is 0 Å². The van der Waals surface area contributed by atoms with Crippen LogP contribution in [0.5, 0.6) is 0 Å². The third kappa shape index (κ3) is 3.64. The molecule has 0 amide bonds. The van der Waals surface area contributed by atoms with Gasteiger partial charge in [0.25, 0.3) is 0 Å². The van der Waals surface area contributed by atoms with E-state index in [2.05, 4.69) is 30.5 Å². The molecule has 2 aliphatic rings. The summed E-state index contributed by atoms with van der Waals surface area (Å²) in [6.45, 7) is 8.62. The maximum absolute atomic E-state index is 5.98. The van der Waals surface area contributed by atoms with Gasteiger partial charge in [0.15, 0.2) is 0 Å². The standard InChI is InChI=1S/C13H26N2S/c1-13(2)5-6-15(7-8-16-13)10-11-3-4-12(14)9-11/h11-12H,3-10,14H2,1-2H3. The van der Waals surface area contributed by atoms with E-state index in [0.29, 0.717) is 10.8 Å². The molecule has 2 nitrogen and oxygen atoms in total. The number of hydrogen-bond donors (Lipinski definition) is 1. The van der Waals surface area contributed by atoms with Crippen molar-refractivity contribution in [2.45, 2.75) is 50.3 Å². The highest BCUT2D eigenvalue weighted by Gasteiger charge is 2.27. The first-order chi connectivity index (χ1) is 7.55. The molecule has 0 spiro atoms. The van der Waals surface area contributed by atoms with Crippen molar-refractivity contribution in [2.24, 2.45) is 11.7 Å². The Kier molecular flexibility index (Phi) is 4.20. The lowest BCUT2D eigenvalue weighted by molar-refractivity contribution is 0.239. The SMILES string of the molecule is CC1(C)CCN(CC2CCC(N)C2)CCS1. The Balaban J connectivity index is 1.77. The number of nitrogens with zero attached hydrogens (tertiary/aromatic N) is 1. The van der Waals surface area contributed by atoms with Gasteiger partial charge in [0.1, 0.15) is 0 Å². The summed E-state index contributed by atoms with van der Waals surface area (Å²) in [4.78, 5) is 2.67. The molecule has 0 radical (unpaired) electrons. The average Bonchev–Trinajstić information content (AvgIpc) is 2.52. The number of hydrogen-bond acceptors (Lipinski definition) is 3. The number of nitrogens with two attached hydrogens (primary N) is 1. The molecule has 2 unspecified atom stereocenters. The quantitative estimate of drug-likeness (QED) is 0.806. The van der Waals surface area contributed by atoms with Crippen LogP contribution in [0, 0.1) is 5.92 Å². The Morgan fingerprint density at radius 3 is 2.81 bits per heavy atom. The zero-order valence-electron chi connectivity index (χ0n) is 10.7. The lowest BCUT2D eigenvalue weighted by Gasteiger charge is -2.24. The minimum atomic E-state index is 0.487. The molecule has 1 aliphatic heterocycles. The zero-order chi connectivity index (χ0) is 11.6. The molecule has 0 bridgehead atoms. The van der Waals surface area contributed by atoms with Gasteiger partial charge in [-0.1, -0.05) is 13.8 Å². The van der Waals surface area contributed by atoms with Crippen molar-refractivity contribution in [1.82, 2.24) is 4.90 Å². The van der Waals surface area contributed by atoms with Crippen molar-refractivity contribution in [2.75, 3.05) is 25.4 Å². The summed E-state index contributed by atoms with van der Waals surface area (Å²) in [6.07, 6.45) is 5.19. The molecule has 0 aromatic heterocycles. The van der Waals surface area contributed by atoms with Gasteiger partial charge in [-0.15, -0.1) is 0 Å². The second-order valence-electron chi connectivity index (χ2n) is 6.10. The van der Waals surface area contributed by atoms with E-state index in [1.54, 1.807) is 0 Å². The van der Waals surface area contributed by atoms with Crippen LogP contribution in [-0.4, -0.2) is 41.1 Å². The predicted octanol–water partition coefficient (Wildman–Crippen LogP) is 2.33. The average molecular weight is 242 g/mol. The highest BCUT2D eigenvalue weighted by molar-refractivity contribution is 8.00. The smallest absolute Gasteiger partial charge is 0.0116 e.